The lowest BCUT2D eigenvalue weighted by atomic mass is 9.98. The molecule has 0 unspecified atom stereocenters. The Kier molecular flexibility index (Phi) is 6.50. The molecule has 0 aliphatic rings. The average molecular weight is 464 g/mol. The van der Waals surface area contributed by atoms with Gasteiger partial charge in [-0.25, -0.2) is 18.0 Å². The van der Waals surface area contributed by atoms with Crippen molar-refractivity contribution in [2.24, 2.45) is 0 Å². The maximum atomic E-state index is 14.9. The molecule has 0 saturated heterocycles. The summed E-state index contributed by atoms with van der Waals surface area (Å²) in [5.74, 6) is -5.72. The van der Waals surface area contributed by atoms with Crippen LogP contribution in [0.2, 0.25) is 0 Å². The van der Waals surface area contributed by atoms with Crippen LogP contribution in [0.15, 0.2) is 72.8 Å². The predicted molar refractivity (Wildman–Crippen MR) is 123 cm³/mol. The number of hydrogen-bond donors (Lipinski definition) is 0. The van der Waals surface area contributed by atoms with Gasteiger partial charge in [-0.1, -0.05) is 67.1 Å². The van der Waals surface area contributed by atoms with Gasteiger partial charge in [-0.15, -0.1) is 0 Å². The van der Waals surface area contributed by atoms with Crippen LogP contribution in [0.1, 0.15) is 28.4 Å². The van der Waals surface area contributed by atoms with Gasteiger partial charge in [0.1, 0.15) is 0 Å². The van der Waals surface area contributed by atoms with Crippen LogP contribution in [-0.2, 0) is 6.42 Å². The minimum Gasteiger partial charge on any atom is -0.420 e. The molecule has 0 heterocycles. The third-order valence-corrected chi connectivity index (χ3v) is 5.59. The van der Waals surface area contributed by atoms with Gasteiger partial charge in [-0.3, -0.25) is 0 Å². The van der Waals surface area contributed by atoms with Crippen LogP contribution < -0.4 is 4.74 Å². The summed E-state index contributed by atoms with van der Waals surface area (Å²) in [5, 5.41) is 0. The number of ether oxygens (including phenoxy) is 1. The van der Waals surface area contributed by atoms with E-state index in [-0.39, 0.29) is 22.3 Å². The molecule has 4 rings (SSSR count). The van der Waals surface area contributed by atoms with Gasteiger partial charge in [-0.2, -0.15) is 4.39 Å². The number of carbonyl (C=O) groups is 1. The smallest absolute Gasteiger partial charge is 0.343 e. The van der Waals surface area contributed by atoms with E-state index in [1.54, 1.807) is 19.1 Å². The van der Waals surface area contributed by atoms with E-state index in [1.165, 1.54) is 48.5 Å². The van der Waals surface area contributed by atoms with Gasteiger partial charge in [0.2, 0.25) is 5.82 Å². The molecule has 0 aliphatic heterocycles. The van der Waals surface area contributed by atoms with Crippen molar-refractivity contribution in [3.05, 3.63) is 113 Å². The second kappa shape index (κ2) is 9.51. The van der Waals surface area contributed by atoms with E-state index in [0.29, 0.717) is 17.5 Å². The Morgan fingerprint density at radius 3 is 1.74 bits per heavy atom. The van der Waals surface area contributed by atoms with Crippen molar-refractivity contribution in [1.82, 2.24) is 0 Å². The van der Waals surface area contributed by atoms with E-state index in [4.69, 9.17) is 4.74 Å². The van der Waals surface area contributed by atoms with Crippen molar-refractivity contribution in [3.63, 3.8) is 0 Å². The van der Waals surface area contributed by atoms with Gasteiger partial charge in [0.05, 0.1) is 5.56 Å². The van der Waals surface area contributed by atoms with E-state index < -0.39 is 35.0 Å². The third kappa shape index (κ3) is 4.44. The average Bonchev–Trinajstić information content (AvgIpc) is 2.84. The van der Waals surface area contributed by atoms with Crippen LogP contribution in [0.4, 0.5) is 17.6 Å². The van der Waals surface area contributed by atoms with Crippen molar-refractivity contribution in [2.75, 3.05) is 0 Å². The molecule has 0 atom stereocenters. The zero-order chi connectivity index (χ0) is 24.4. The lowest BCUT2D eigenvalue weighted by Crippen LogP contribution is -2.10. The summed E-state index contributed by atoms with van der Waals surface area (Å²) in [4.78, 5) is 12.4. The molecule has 0 radical (unpaired) electrons. The molecular weight excluding hydrogens is 444 g/mol. The molecule has 4 aromatic rings. The highest BCUT2D eigenvalue weighted by Gasteiger charge is 2.19. The number of rotatable bonds is 5. The normalized spacial score (nSPS) is 10.9. The largest absolute Gasteiger partial charge is 0.420 e. The Morgan fingerprint density at radius 1 is 0.676 bits per heavy atom. The van der Waals surface area contributed by atoms with E-state index in [1.807, 2.05) is 19.1 Å². The number of aryl methyl sites for hydroxylation is 2. The van der Waals surface area contributed by atoms with E-state index in [2.05, 4.69) is 0 Å². The topological polar surface area (TPSA) is 26.3 Å². The first-order valence-corrected chi connectivity index (χ1v) is 10.6. The molecule has 172 valence electrons. The summed E-state index contributed by atoms with van der Waals surface area (Å²) in [6, 6.07) is 18.1. The summed E-state index contributed by atoms with van der Waals surface area (Å²) in [6.07, 6.45) is 0.293. The zero-order valence-corrected chi connectivity index (χ0v) is 18.5. The number of halogens is 4. The molecular formula is C28H20F4O2. The Labute approximate surface area is 194 Å². The molecule has 0 spiro atoms. The Hall–Kier alpha value is -3.93. The Bertz CT molecular complexity index is 1360. The van der Waals surface area contributed by atoms with Crippen LogP contribution in [0.3, 0.4) is 0 Å². The first-order valence-electron chi connectivity index (χ1n) is 10.6. The minimum absolute atomic E-state index is 0.0246. The number of carbonyl (C=O) groups excluding carboxylic acids is 1. The first-order chi connectivity index (χ1) is 16.3. The second-order valence-electron chi connectivity index (χ2n) is 7.83. The fourth-order valence-electron chi connectivity index (χ4n) is 3.60. The number of esters is 1. The molecule has 0 aliphatic carbocycles. The Morgan fingerprint density at radius 2 is 1.21 bits per heavy atom. The van der Waals surface area contributed by atoms with E-state index in [9.17, 15) is 22.4 Å². The molecule has 2 nitrogen and oxygen atoms in total. The number of hydrogen-bond acceptors (Lipinski definition) is 2. The SMILES string of the molecule is CCc1ccc(OC(=O)c2ccc(-c3ccc(-c4ccc(C)cc4)c(F)c3F)cc2)c(F)c1F. The fourth-order valence-corrected chi connectivity index (χ4v) is 3.60. The van der Waals surface area contributed by atoms with Gasteiger partial charge in [0.25, 0.3) is 0 Å². The molecule has 0 saturated carbocycles. The molecule has 34 heavy (non-hydrogen) atoms. The van der Waals surface area contributed by atoms with E-state index >= 15 is 0 Å². The fraction of sp³-hybridized carbons (Fsp3) is 0.107. The third-order valence-electron chi connectivity index (χ3n) is 5.59. The summed E-state index contributed by atoms with van der Waals surface area (Å²) < 4.78 is 62.7. The highest BCUT2D eigenvalue weighted by molar-refractivity contribution is 5.91. The van der Waals surface area contributed by atoms with Crippen LogP contribution >= 0.6 is 0 Å². The van der Waals surface area contributed by atoms with Crippen molar-refractivity contribution < 1.29 is 27.1 Å². The molecule has 6 heteroatoms. The lowest BCUT2D eigenvalue weighted by molar-refractivity contribution is 0.0726. The summed E-state index contributed by atoms with van der Waals surface area (Å²) in [5.41, 5.74) is 2.28. The molecule has 4 aromatic carbocycles. The minimum atomic E-state index is -1.24. The van der Waals surface area contributed by atoms with Crippen molar-refractivity contribution in [1.29, 1.82) is 0 Å². The number of benzene rings is 4. The quantitative estimate of drug-likeness (QED) is 0.172. The van der Waals surface area contributed by atoms with Gasteiger partial charge >= 0.3 is 5.97 Å². The summed E-state index contributed by atoms with van der Waals surface area (Å²) >= 11 is 0. The summed E-state index contributed by atoms with van der Waals surface area (Å²) in [6.45, 7) is 3.58. The van der Waals surface area contributed by atoms with Crippen molar-refractivity contribution >= 4 is 5.97 Å². The maximum absolute atomic E-state index is 14.9. The zero-order valence-electron chi connectivity index (χ0n) is 18.5. The summed E-state index contributed by atoms with van der Waals surface area (Å²) in [7, 11) is 0. The van der Waals surface area contributed by atoms with Crippen LogP contribution in [0.25, 0.3) is 22.3 Å². The van der Waals surface area contributed by atoms with Gasteiger partial charge in [0, 0.05) is 11.1 Å². The predicted octanol–water partition coefficient (Wildman–Crippen LogP) is 7.67. The van der Waals surface area contributed by atoms with Crippen molar-refractivity contribution in [2.45, 2.75) is 20.3 Å². The van der Waals surface area contributed by atoms with Crippen LogP contribution in [-0.4, -0.2) is 5.97 Å². The van der Waals surface area contributed by atoms with Crippen molar-refractivity contribution in [3.8, 4) is 28.0 Å². The lowest BCUT2D eigenvalue weighted by Gasteiger charge is -2.11. The highest BCUT2D eigenvalue weighted by Crippen LogP contribution is 2.32. The van der Waals surface area contributed by atoms with Gasteiger partial charge in [0.15, 0.2) is 23.2 Å². The molecule has 0 aromatic heterocycles. The standard InChI is InChI=1S/C28H20F4O2/c1-3-17-12-15-23(27(32)24(17)29)34-28(33)20-10-8-19(9-11-20)22-14-13-21(25(30)26(22)31)18-6-4-16(2)5-7-18/h4-15H,3H2,1-2H3. The van der Waals surface area contributed by atoms with Crippen LogP contribution in [0.5, 0.6) is 5.75 Å². The molecule has 0 amide bonds. The Balaban J connectivity index is 1.57. The first kappa shape index (κ1) is 23.2. The van der Waals surface area contributed by atoms with Gasteiger partial charge < -0.3 is 4.74 Å². The van der Waals surface area contributed by atoms with Gasteiger partial charge in [-0.05, 0) is 48.2 Å². The molecule has 0 N–H and O–H groups in total. The second-order valence-corrected chi connectivity index (χ2v) is 7.83. The van der Waals surface area contributed by atoms with E-state index in [0.717, 1.165) is 5.56 Å². The molecule has 0 fully saturated rings. The highest BCUT2D eigenvalue weighted by atomic mass is 19.2. The van der Waals surface area contributed by atoms with Crippen LogP contribution in [0, 0.1) is 30.2 Å². The molecule has 0 bridgehead atoms. The maximum Gasteiger partial charge on any atom is 0.343 e. The monoisotopic (exact) mass is 464 g/mol.